The van der Waals surface area contributed by atoms with Crippen molar-refractivity contribution in [1.82, 2.24) is 15.2 Å². The summed E-state index contributed by atoms with van der Waals surface area (Å²) in [7, 11) is -3.49. The van der Waals surface area contributed by atoms with Crippen molar-refractivity contribution in [3.63, 3.8) is 0 Å². The highest BCUT2D eigenvalue weighted by atomic mass is 35.5. The number of pyridine rings is 1. The zero-order valence-electron chi connectivity index (χ0n) is 21.5. The zero-order chi connectivity index (χ0) is 27.6. The van der Waals surface area contributed by atoms with Gasteiger partial charge in [-0.05, 0) is 61.6 Å². The van der Waals surface area contributed by atoms with Gasteiger partial charge in [-0.1, -0.05) is 30.1 Å². The molecule has 1 aromatic heterocycles. The fraction of sp³-hybridized carbons (Fsp3) is 0.407. The Morgan fingerprint density at radius 2 is 1.89 bits per heavy atom. The second kappa shape index (κ2) is 11.7. The summed E-state index contributed by atoms with van der Waals surface area (Å²) in [6, 6.07) is 7.78. The van der Waals surface area contributed by atoms with E-state index in [0.29, 0.717) is 27.7 Å². The first-order valence-corrected chi connectivity index (χ1v) is 15.1. The summed E-state index contributed by atoms with van der Waals surface area (Å²) in [4.78, 5) is 30.2. The number of amides is 1. The van der Waals surface area contributed by atoms with Gasteiger partial charge < -0.3 is 19.9 Å². The third kappa shape index (κ3) is 6.51. The van der Waals surface area contributed by atoms with Crippen molar-refractivity contribution in [3.8, 4) is 5.75 Å². The first-order chi connectivity index (χ1) is 17.9. The molecule has 204 valence electrons. The number of nitrogens with one attached hydrogen (secondary N) is 2. The molecule has 2 aromatic carbocycles. The zero-order valence-corrected chi connectivity index (χ0v) is 23.8. The first kappa shape index (κ1) is 28.4. The Bertz CT molecular complexity index is 1520. The Kier molecular flexibility index (Phi) is 8.72. The first-order valence-electron chi connectivity index (χ1n) is 12.4. The largest absolute Gasteiger partial charge is 0.489 e. The number of likely N-dealkylation sites (tertiary alicyclic amines) is 1. The monoisotopic (exact) mass is 579 g/mol. The number of fused-ring (bicyclic) bond motifs is 1. The molecule has 8 nitrogen and oxygen atoms in total. The van der Waals surface area contributed by atoms with Crippen LogP contribution in [0.25, 0.3) is 10.8 Å². The van der Waals surface area contributed by atoms with Gasteiger partial charge >= 0.3 is 0 Å². The SMILES string of the molecule is Cc1c(Cl)ccc(OC2CCN(C[C@H](C)CNC(=O)c3c[nH]c(=O)c4ccc(S(C)(=O)=O)cc34)CC2)c1Cl. The van der Waals surface area contributed by atoms with Crippen LogP contribution in [0.5, 0.6) is 5.75 Å². The van der Waals surface area contributed by atoms with Crippen molar-refractivity contribution < 1.29 is 17.9 Å². The number of hydrogen-bond donors (Lipinski definition) is 2. The van der Waals surface area contributed by atoms with Gasteiger partial charge in [-0.15, -0.1) is 0 Å². The predicted octanol–water partition coefficient (Wildman–Crippen LogP) is 4.46. The van der Waals surface area contributed by atoms with Crippen molar-refractivity contribution in [3.05, 3.63) is 68.1 Å². The maximum atomic E-state index is 13.0. The minimum absolute atomic E-state index is 0.0545. The van der Waals surface area contributed by atoms with Crippen LogP contribution in [-0.2, 0) is 9.84 Å². The van der Waals surface area contributed by atoms with E-state index in [1.807, 2.05) is 13.0 Å². The number of hydrogen-bond acceptors (Lipinski definition) is 6. The third-order valence-electron chi connectivity index (χ3n) is 6.84. The Hall–Kier alpha value is -2.59. The third-order valence-corrected chi connectivity index (χ3v) is 8.83. The van der Waals surface area contributed by atoms with Gasteiger partial charge in [0.05, 0.1) is 15.5 Å². The van der Waals surface area contributed by atoms with Crippen LogP contribution in [-0.4, -0.2) is 62.7 Å². The maximum absolute atomic E-state index is 13.0. The van der Waals surface area contributed by atoms with E-state index in [9.17, 15) is 18.0 Å². The molecule has 0 aliphatic carbocycles. The predicted molar refractivity (Wildman–Crippen MR) is 150 cm³/mol. The lowest BCUT2D eigenvalue weighted by Crippen LogP contribution is -2.42. The molecule has 4 rings (SSSR count). The van der Waals surface area contributed by atoms with E-state index in [4.69, 9.17) is 27.9 Å². The van der Waals surface area contributed by atoms with Gasteiger partial charge in [0.15, 0.2) is 9.84 Å². The molecule has 0 bridgehead atoms. The van der Waals surface area contributed by atoms with Crippen LogP contribution >= 0.6 is 23.2 Å². The van der Waals surface area contributed by atoms with Gasteiger partial charge in [0, 0.05) is 54.4 Å². The standard InChI is InChI=1S/C27H31Cl2N3O5S/c1-16(15-32-10-8-18(9-11-32)37-24-7-6-23(28)17(2)25(24)29)13-30-27(34)22-14-31-26(33)20-5-4-19(12-21(20)22)38(3,35)36/h4-7,12,14,16,18H,8-11,13,15H2,1-3H3,(H,30,34)(H,31,33)/t16-/m1/s1. The van der Waals surface area contributed by atoms with Gasteiger partial charge in [-0.3, -0.25) is 9.59 Å². The van der Waals surface area contributed by atoms with Gasteiger partial charge in [-0.2, -0.15) is 0 Å². The molecule has 1 aliphatic rings. The topological polar surface area (TPSA) is 109 Å². The highest BCUT2D eigenvalue weighted by Gasteiger charge is 2.23. The quantitative estimate of drug-likeness (QED) is 0.408. The number of carbonyl (C=O) groups excluding carboxylic acids is 1. The minimum Gasteiger partial charge on any atom is -0.489 e. The number of nitrogens with zero attached hydrogens (tertiary/aromatic N) is 1. The number of aromatic amines is 1. The number of halogens is 2. The van der Waals surface area contributed by atoms with Crippen molar-refractivity contribution >= 4 is 49.7 Å². The number of benzene rings is 2. The number of carbonyl (C=O) groups is 1. The number of H-pyrrole nitrogens is 1. The number of ether oxygens (including phenoxy) is 1. The molecule has 2 N–H and O–H groups in total. The summed E-state index contributed by atoms with van der Waals surface area (Å²) < 4.78 is 30.1. The molecule has 0 radical (unpaired) electrons. The van der Waals surface area contributed by atoms with Crippen LogP contribution in [0.1, 0.15) is 35.7 Å². The van der Waals surface area contributed by atoms with E-state index >= 15 is 0 Å². The Balaban J connectivity index is 1.32. The van der Waals surface area contributed by atoms with Crippen molar-refractivity contribution in [2.45, 2.75) is 37.7 Å². The average Bonchev–Trinajstić information content (AvgIpc) is 2.88. The molecular weight excluding hydrogens is 549 g/mol. The molecule has 1 aliphatic heterocycles. The van der Waals surface area contributed by atoms with E-state index in [-0.39, 0.29) is 39.3 Å². The smallest absolute Gasteiger partial charge is 0.255 e. The molecule has 0 unspecified atom stereocenters. The van der Waals surface area contributed by atoms with Crippen LogP contribution in [0.15, 0.2) is 46.2 Å². The fourth-order valence-corrected chi connectivity index (χ4v) is 5.70. The van der Waals surface area contributed by atoms with Crippen molar-refractivity contribution in [1.29, 1.82) is 0 Å². The Morgan fingerprint density at radius 3 is 2.58 bits per heavy atom. The molecule has 11 heteroatoms. The summed E-state index contributed by atoms with van der Waals surface area (Å²) in [5, 5.41) is 4.66. The highest BCUT2D eigenvalue weighted by Crippen LogP contribution is 2.34. The molecule has 1 amide bonds. The Labute approximate surface area is 232 Å². The second-order valence-corrected chi connectivity index (χ2v) is 12.7. The lowest BCUT2D eigenvalue weighted by molar-refractivity contribution is 0.0886. The molecule has 1 saturated heterocycles. The summed E-state index contributed by atoms with van der Waals surface area (Å²) in [6.07, 6.45) is 4.22. The van der Waals surface area contributed by atoms with Crippen LogP contribution < -0.4 is 15.6 Å². The second-order valence-electron chi connectivity index (χ2n) is 9.93. The fourth-order valence-electron chi connectivity index (χ4n) is 4.64. The van der Waals surface area contributed by atoms with Crippen LogP contribution in [0.3, 0.4) is 0 Å². The van der Waals surface area contributed by atoms with Gasteiger partial charge in [-0.25, -0.2) is 8.42 Å². The van der Waals surface area contributed by atoms with Gasteiger partial charge in [0.1, 0.15) is 11.9 Å². The highest BCUT2D eigenvalue weighted by molar-refractivity contribution is 7.90. The number of piperidine rings is 1. The molecule has 2 heterocycles. The van der Waals surface area contributed by atoms with E-state index in [1.54, 1.807) is 6.07 Å². The number of rotatable bonds is 8. The van der Waals surface area contributed by atoms with Crippen LogP contribution in [0, 0.1) is 12.8 Å². The lowest BCUT2D eigenvalue weighted by Gasteiger charge is -2.34. The van der Waals surface area contributed by atoms with E-state index in [0.717, 1.165) is 44.3 Å². The number of aromatic nitrogens is 1. The summed E-state index contributed by atoms with van der Waals surface area (Å²) in [6.45, 7) is 6.90. The van der Waals surface area contributed by atoms with Crippen LogP contribution in [0.2, 0.25) is 10.0 Å². The molecule has 0 spiro atoms. The number of sulfone groups is 1. The normalized spacial score (nSPS) is 15.9. The summed E-state index contributed by atoms with van der Waals surface area (Å²) >= 11 is 12.5. The minimum atomic E-state index is -3.49. The van der Waals surface area contributed by atoms with Crippen molar-refractivity contribution in [2.24, 2.45) is 5.92 Å². The molecule has 1 fully saturated rings. The summed E-state index contributed by atoms with van der Waals surface area (Å²) in [5.41, 5.74) is 0.655. The molecule has 38 heavy (non-hydrogen) atoms. The molecule has 0 saturated carbocycles. The lowest BCUT2D eigenvalue weighted by atomic mass is 10.0. The van der Waals surface area contributed by atoms with E-state index < -0.39 is 9.84 Å². The van der Waals surface area contributed by atoms with E-state index in [2.05, 4.69) is 22.1 Å². The van der Waals surface area contributed by atoms with Crippen LogP contribution in [0.4, 0.5) is 0 Å². The van der Waals surface area contributed by atoms with Crippen molar-refractivity contribution in [2.75, 3.05) is 32.4 Å². The summed E-state index contributed by atoms with van der Waals surface area (Å²) in [5.74, 6) is 0.456. The molecule has 1 atom stereocenters. The molecule has 3 aromatic rings. The Morgan fingerprint density at radius 1 is 1.18 bits per heavy atom. The average molecular weight is 581 g/mol. The maximum Gasteiger partial charge on any atom is 0.255 e. The van der Waals surface area contributed by atoms with Gasteiger partial charge in [0.25, 0.3) is 11.5 Å². The van der Waals surface area contributed by atoms with E-state index in [1.165, 1.54) is 24.4 Å². The molecular formula is C27H31Cl2N3O5S. The van der Waals surface area contributed by atoms with Gasteiger partial charge in [0.2, 0.25) is 0 Å².